The van der Waals surface area contributed by atoms with Crippen LogP contribution >= 0.6 is 0 Å². The molecule has 0 aliphatic heterocycles. The average Bonchev–Trinajstić information content (AvgIpc) is 3.07. The molecule has 2 atom stereocenters. The molecule has 14 heteroatoms. The van der Waals surface area contributed by atoms with Crippen LogP contribution in [0.2, 0.25) is 0 Å². The lowest BCUT2D eigenvalue weighted by atomic mass is 9.90. The second-order valence-corrected chi connectivity index (χ2v) is 10.5. The minimum Gasteiger partial charge on any atom is -0.496 e. The highest BCUT2D eigenvalue weighted by Gasteiger charge is 2.21. The standard InChI is InChI=1S/C33H34N2O12/c1-20(32(36)44-13-15-46-34(38)39)22-5-9-26-24(17-22)7-11-30(42-3)28(26)19-29-27-10-6-23(18-25(27)8-12-31(29)43-4)21(2)33(37)45-14-16-47-35(40)41/h5-12,17-18,20-21H,13-16,19H2,1-4H3. The van der Waals surface area contributed by atoms with Gasteiger partial charge in [-0.1, -0.05) is 48.5 Å². The molecule has 0 heterocycles. The van der Waals surface area contributed by atoms with Crippen molar-refractivity contribution in [1.82, 2.24) is 0 Å². The molecule has 47 heavy (non-hydrogen) atoms. The number of benzene rings is 4. The maximum absolute atomic E-state index is 12.6. The minimum absolute atomic E-state index is 0.238. The van der Waals surface area contributed by atoms with Gasteiger partial charge in [-0.3, -0.25) is 9.59 Å². The first-order valence-electron chi connectivity index (χ1n) is 14.6. The van der Waals surface area contributed by atoms with Crippen LogP contribution in [0.4, 0.5) is 0 Å². The highest BCUT2D eigenvalue weighted by atomic mass is 17.0. The largest absolute Gasteiger partial charge is 0.496 e. The van der Waals surface area contributed by atoms with Crippen LogP contribution in [0.3, 0.4) is 0 Å². The van der Waals surface area contributed by atoms with Gasteiger partial charge >= 0.3 is 11.9 Å². The van der Waals surface area contributed by atoms with Crippen molar-refractivity contribution in [3.05, 3.63) is 103 Å². The van der Waals surface area contributed by atoms with Gasteiger partial charge in [-0.05, 0) is 58.7 Å². The van der Waals surface area contributed by atoms with E-state index in [1.807, 2.05) is 60.7 Å². The quantitative estimate of drug-likeness (QED) is 0.0662. The molecule has 4 rings (SSSR count). The molecule has 0 radical (unpaired) electrons. The summed E-state index contributed by atoms with van der Waals surface area (Å²) >= 11 is 0. The fraction of sp³-hybridized carbons (Fsp3) is 0.333. The second kappa shape index (κ2) is 15.6. The lowest BCUT2D eigenvalue weighted by Gasteiger charge is -2.18. The zero-order valence-electron chi connectivity index (χ0n) is 26.3. The molecule has 4 aromatic carbocycles. The van der Waals surface area contributed by atoms with E-state index in [1.165, 1.54) is 0 Å². The van der Waals surface area contributed by atoms with Crippen LogP contribution in [-0.4, -0.2) is 62.8 Å². The Bertz CT molecular complexity index is 1660. The van der Waals surface area contributed by atoms with Gasteiger partial charge in [0.15, 0.2) is 0 Å². The van der Waals surface area contributed by atoms with Gasteiger partial charge in [0.1, 0.15) is 37.9 Å². The molecule has 0 saturated heterocycles. The van der Waals surface area contributed by atoms with E-state index in [0.29, 0.717) is 29.0 Å². The fourth-order valence-electron chi connectivity index (χ4n) is 5.28. The molecule has 0 fully saturated rings. The van der Waals surface area contributed by atoms with Crippen LogP contribution in [0, 0.1) is 20.2 Å². The molecule has 14 nitrogen and oxygen atoms in total. The summed E-state index contributed by atoms with van der Waals surface area (Å²) < 4.78 is 21.8. The van der Waals surface area contributed by atoms with Gasteiger partial charge in [-0.15, -0.1) is 20.2 Å². The topological polar surface area (TPSA) is 176 Å². The monoisotopic (exact) mass is 650 g/mol. The predicted molar refractivity (Wildman–Crippen MR) is 168 cm³/mol. The minimum atomic E-state index is -0.943. The number of methoxy groups -OCH3 is 2. The molecule has 0 saturated carbocycles. The van der Waals surface area contributed by atoms with Crippen LogP contribution in [0.5, 0.6) is 11.5 Å². The Kier molecular flexibility index (Phi) is 11.3. The normalized spacial score (nSPS) is 12.2. The number of ether oxygens (including phenoxy) is 4. The summed E-state index contributed by atoms with van der Waals surface area (Å²) in [4.78, 5) is 54.2. The molecule has 248 valence electrons. The molecule has 0 bridgehead atoms. The Morgan fingerprint density at radius 3 is 1.40 bits per heavy atom. The lowest BCUT2D eigenvalue weighted by Crippen LogP contribution is -2.17. The van der Waals surface area contributed by atoms with Crippen LogP contribution in [0.15, 0.2) is 60.7 Å². The van der Waals surface area contributed by atoms with Gasteiger partial charge in [-0.25, -0.2) is 0 Å². The Balaban J connectivity index is 1.62. The number of esters is 2. The first-order chi connectivity index (χ1) is 22.5. The molecule has 0 N–H and O–H groups in total. The van der Waals surface area contributed by atoms with E-state index in [2.05, 4.69) is 9.68 Å². The summed E-state index contributed by atoms with van der Waals surface area (Å²) in [5.74, 6) is -0.982. The van der Waals surface area contributed by atoms with Crippen molar-refractivity contribution in [3.8, 4) is 11.5 Å². The zero-order chi connectivity index (χ0) is 34.1. The van der Waals surface area contributed by atoms with Crippen molar-refractivity contribution < 1.29 is 48.4 Å². The van der Waals surface area contributed by atoms with Crippen molar-refractivity contribution in [2.75, 3.05) is 40.6 Å². The zero-order valence-corrected chi connectivity index (χ0v) is 26.3. The third-order valence-electron chi connectivity index (χ3n) is 7.77. The van der Waals surface area contributed by atoms with E-state index in [-0.39, 0.29) is 26.4 Å². The number of hydrogen-bond acceptors (Lipinski definition) is 12. The van der Waals surface area contributed by atoms with Crippen LogP contribution in [-0.2, 0) is 35.2 Å². The Morgan fingerprint density at radius 1 is 0.638 bits per heavy atom. The molecule has 0 aliphatic rings. The van der Waals surface area contributed by atoms with Gasteiger partial charge < -0.3 is 28.6 Å². The van der Waals surface area contributed by atoms with Crippen LogP contribution in [0.25, 0.3) is 21.5 Å². The number of carbonyl (C=O) groups is 2. The van der Waals surface area contributed by atoms with Crippen molar-refractivity contribution >= 4 is 33.5 Å². The summed E-state index contributed by atoms with van der Waals surface area (Å²) in [7, 11) is 3.19. The molecule has 0 aromatic heterocycles. The van der Waals surface area contributed by atoms with Crippen LogP contribution < -0.4 is 9.47 Å². The van der Waals surface area contributed by atoms with E-state index >= 15 is 0 Å². The molecule has 0 spiro atoms. The first-order valence-corrected chi connectivity index (χ1v) is 14.6. The van der Waals surface area contributed by atoms with Gasteiger partial charge in [0, 0.05) is 17.5 Å². The predicted octanol–water partition coefficient (Wildman–Crippen LogP) is 5.31. The third kappa shape index (κ3) is 8.34. The average molecular weight is 651 g/mol. The van der Waals surface area contributed by atoms with Crippen molar-refractivity contribution in [1.29, 1.82) is 0 Å². The molecule has 4 aromatic rings. The highest BCUT2D eigenvalue weighted by molar-refractivity contribution is 5.93. The first kappa shape index (κ1) is 34.2. The molecule has 0 aliphatic carbocycles. The number of nitrogens with zero attached hydrogens (tertiary/aromatic N) is 2. The number of fused-ring (bicyclic) bond motifs is 2. The van der Waals surface area contributed by atoms with E-state index in [1.54, 1.807) is 28.1 Å². The van der Waals surface area contributed by atoms with Gasteiger partial charge in [0.2, 0.25) is 0 Å². The third-order valence-corrected chi connectivity index (χ3v) is 7.77. The van der Waals surface area contributed by atoms with E-state index in [4.69, 9.17) is 18.9 Å². The SMILES string of the molecule is COc1ccc2cc(C(C)C(=O)OCCO[N+](=O)[O-])ccc2c1Cc1c(OC)ccc2cc(C(C)C(=O)OCCO[N+](=O)[O-])ccc12. The highest BCUT2D eigenvalue weighted by Crippen LogP contribution is 2.37. The van der Waals surface area contributed by atoms with Crippen molar-refractivity contribution in [3.63, 3.8) is 0 Å². The van der Waals surface area contributed by atoms with Gasteiger partial charge in [-0.2, -0.15) is 0 Å². The summed E-state index contributed by atoms with van der Waals surface area (Å²) in [6, 6.07) is 18.8. The maximum atomic E-state index is 12.6. The van der Waals surface area contributed by atoms with E-state index in [9.17, 15) is 29.8 Å². The van der Waals surface area contributed by atoms with Gasteiger partial charge in [0.25, 0.3) is 10.2 Å². The van der Waals surface area contributed by atoms with Crippen LogP contribution in [0.1, 0.15) is 47.9 Å². The molecule has 0 amide bonds. The number of rotatable bonds is 16. The molecular formula is C33H34N2O12. The Morgan fingerprint density at radius 2 is 1.04 bits per heavy atom. The van der Waals surface area contributed by atoms with Crippen molar-refractivity contribution in [2.45, 2.75) is 32.1 Å². The summed E-state index contributed by atoms with van der Waals surface area (Å²) in [5.41, 5.74) is 3.21. The Hall–Kier alpha value is -5.66. The van der Waals surface area contributed by atoms with Gasteiger partial charge in [0.05, 0.1) is 26.1 Å². The second-order valence-electron chi connectivity index (χ2n) is 10.5. The number of carbonyl (C=O) groups excluding carboxylic acids is 2. The summed E-state index contributed by atoms with van der Waals surface area (Å²) in [6.45, 7) is 2.22. The fourth-order valence-corrected chi connectivity index (χ4v) is 5.28. The van der Waals surface area contributed by atoms with E-state index in [0.717, 1.165) is 32.7 Å². The summed E-state index contributed by atoms with van der Waals surface area (Å²) in [6.07, 6.45) is 0.432. The lowest BCUT2D eigenvalue weighted by molar-refractivity contribution is -0.757. The molecular weight excluding hydrogens is 616 g/mol. The molecule has 2 unspecified atom stereocenters. The Labute approximate surface area is 269 Å². The number of hydrogen-bond donors (Lipinski definition) is 0. The maximum Gasteiger partial charge on any atom is 0.313 e. The van der Waals surface area contributed by atoms with Crippen molar-refractivity contribution in [2.24, 2.45) is 0 Å². The summed E-state index contributed by atoms with van der Waals surface area (Å²) in [5, 5.41) is 22.3. The smallest absolute Gasteiger partial charge is 0.313 e. The van der Waals surface area contributed by atoms with E-state index < -0.39 is 33.9 Å².